The van der Waals surface area contributed by atoms with Crippen LogP contribution in [0.15, 0.2) is 18.2 Å². The Balaban J connectivity index is 1.91. The van der Waals surface area contributed by atoms with E-state index < -0.39 is 0 Å². The zero-order valence-corrected chi connectivity index (χ0v) is 10.0. The summed E-state index contributed by atoms with van der Waals surface area (Å²) in [5, 5.41) is 0.932. The SMILES string of the molecule is NCC1CCC(c2nc3cc(F)ccc3s2)O1. The normalized spacial score (nSPS) is 24.6. The van der Waals surface area contributed by atoms with Crippen molar-refractivity contribution < 1.29 is 9.13 Å². The number of aromatic nitrogens is 1. The average Bonchev–Trinajstić information content (AvgIpc) is 2.93. The van der Waals surface area contributed by atoms with Gasteiger partial charge in [0.2, 0.25) is 0 Å². The first-order valence-electron chi connectivity index (χ1n) is 5.68. The molecule has 2 aromatic rings. The number of halogens is 1. The predicted molar refractivity (Wildman–Crippen MR) is 65.5 cm³/mol. The second-order valence-electron chi connectivity index (χ2n) is 4.22. The lowest BCUT2D eigenvalue weighted by molar-refractivity contribution is 0.0498. The molecule has 17 heavy (non-hydrogen) atoms. The van der Waals surface area contributed by atoms with Gasteiger partial charge in [0.15, 0.2) is 0 Å². The van der Waals surface area contributed by atoms with E-state index >= 15 is 0 Å². The number of ether oxygens (including phenoxy) is 1. The first-order valence-corrected chi connectivity index (χ1v) is 6.49. The molecule has 2 atom stereocenters. The van der Waals surface area contributed by atoms with E-state index in [1.165, 1.54) is 12.1 Å². The predicted octanol–water partition coefficient (Wildman–Crippen LogP) is 2.61. The van der Waals surface area contributed by atoms with Crippen molar-refractivity contribution in [1.29, 1.82) is 0 Å². The van der Waals surface area contributed by atoms with Crippen LogP contribution in [0, 0.1) is 5.82 Å². The molecule has 1 aliphatic rings. The molecule has 1 aromatic carbocycles. The fraction of sp³-hybridized carbons (Fsp3) is 0.417. The summed E-state index contributed by atoms with van der Waals surface area (Å²) in [5.74, 6) is -0.249. The number of hydrogen-bond donors (Lipinski definition) is 1. The van der Waals surface area contributed by atoms with Crippen LogP contribution in [-0.2, 0) is 4.74 Å². The van der Waals surface area contributed by atoms with E-state index in [0.717, 1.165) is 22.5 Å². The lowest BCUT2D eigenvalue weighted by Crippen LogP contribution is -2.18. The summed E-state index contributed by atoms with van der Waals surface area (Å²) in [6, 6.07) is 4.69. The standard InChI is InChI=1S/C12H13FN2OS/c13-7-1-4-11-9(5-7)15-12(17-11)10-3-2-8(6-14)16-10/h1,4-5,8,10H,2-3,6,14H2. The van der Waals surface area contributed by atoms with Gasteiger partial charge in [0.25, 0.3) is 0 Å². The fourth-order valence-electron chi connectivity index (χ4n) is 2.12. The van der Waals surface area contributed by atoms with Crippen molar-refractivity contribution in [3.05, 3.63) is 29.0 Å². The monoisotopic (exact) mass is 252 g/mol. The smallest absolute Gasteiger partial charge is 0.125 e. The molecule has 5 heteroatoms. The summed E-state index contributed by atoms with van der Waals surface area (Å²) in [7, 11) is 0. The molecule has 3 rings (SSSR count). The van der Waals surface area contributed by atoms with Gasteiger partial charge in [0, 0.05) is 12.6 Å². The van der Waals surface area contributed by atoms with Crippen molar-refractivity contribution in [3.8, 4) is 0 Å². The first-order chi connectivity index (χ1) is 8.26. The summed E-state index contributed by atoms with van der Waals surface area (Å²) < 4.78 is 19.8. The van der Waals surface area contributed by atoms with E-state index in [2.05, 4.69) is 4.98 Å². The largest absolute Gasteiger partial charge is 0.366 e. The second-order valence-corrected chi connectivity index (χ2v) is 5.29. The topological polar surface area (TPSA) is 48.1 Å². The summed E-state index contributed by atoms with van der Waals surface area (Å²) >= 11 is 1.57. The van der Waals surface area contributed by atoms with Gasteiger partial charge in [-0.2, -0.15) is 0 Å². The molecule has 3 nitrogen and oxygen atoms in total. The van der Waals surface area contributed by atoms with E-state index in [1.54, 1.807) is 17.4 Å². The van der Waals surface area contributed by atoms with Crippen molar-refractivity contribution in [3.63, 3.8) is 0 Å². The Morgan fingerprint density at radius 1 is 1.47 bits per heavy atom. The maximum atomic E-state index is 13.1. The number of rotatable bonds is 2. The van der Waals surface area contributed by atoms with E-state index in [4.69, 9.17) is 10.5 Å². The average molecular weight is 252 g/mol. The van der Waals surface area contributed by atoms with Crippen LogP contribution >= 0.6 is 11.3 Å². The van der Waals surface area contributed by atoms with Gasteiger partial charge in [0.05, 0.1) is 16.3 Å². The van der Waals surface area contributed by atoms with Gasteiger partial charge >= 0.3 is 0 Å². The summed E-state index contributed by atoms with van der Waals surface area (Å²) in [6.07, 6.45) is 2.10. The highest BCUT2D eigenvalue weighted by Crippen LogP contribution is 2.36. The van der Waals surface area contributed by atoms with Gasteiger partial charge in [0.1, 0.15) is 16.9 Å². The summed E-state index contributed by atoms with van der Waals surface area (Å²) in [6.45, 7) is 0.552. The molecule has 90 valence electrons. The number of nitrogens with two attached hydrogens (primary N) is 1. The third-order valence-corrected chi connectivity index (χ3v) is 4.14. The van der Waals surface area contributed by atoms with Crippen molar-refractivity contribution in [1.82, 2.24) is 4.98 Å². The Bertz CT molecular complexity index is 542. The zero-order valence-electron chi connectivity index (χ0n) is 9.23. The molecular formula is C12H13FN2OS. The Morgan fingerprint density at radius 3 is 3.12 bits per heavy atom. The molecule has 2 N–H and O–H groups in total. The highest BCUT2D eigenvalue weighted by Gasteiger charge is 2.27. The van der Waals surface area contributed by atoms with Crippen LogP contribution in [0.1, 0.15) is 24.0 Å². The van der Waals surface area contributed by atoms with Gasteiger partial charge in [-0.1, -0.05) is 0 Å². The van der Waals surface area contributed by atoms with Crippen LogP contribution in [0.4, 0.5) is 4.39 Å². The van der Waals surface area contributed by atoms with Crippen molar-refractivity contribution in [2.45, 2.75) is 25.0 Å². The summed E-state index contributed by atoms with van der Waals surface area (Å²) in [4.78, 5) is 4.44. The highest BCUT2D eigenvalue weighted by molar-refractivity contribution is 7.18. The quantitative estimate of drug-likeness (QED) is 0.893. The minimum Gasteiger partial charge on any atom is -0.366 e. The van der Waals surface area contributed by atoms with E-state index in [1.807, 2.05) is 0 Å². The molecule has 1 saturated heterocycles. The lowest BCUT2D eigenvalue weighted by atomic mass is 10.2. The molecule has 2 unspecified atom stereocenters. The maximum absolute atomic E-state index is 13.1. The Labute approximate surface area is 102 Å². The van der Waals surface area contributed by atoms with Crippen molar-refractivity contribution in [2.75, 3.05) is 6.54 Å². The van der Waals surface area contributed by atoms with Gasteiger partial charge < -0.3 is 10.5 Å². The van der Waals surface area contributed by atoms with Gasteiger partial charge in [-0.05, 0) is 25.0 Å². The minimum atomic E-state index is -0.249. The third kappa shape index (κ3) is 2.06. The Morgan fingerprint density at radius 2 is 2.35 bits per heavy atom. The van der Waals surface area contributed by atoms with Crippen LogP contribution in [0.2, 0.25) is 0 Å². The fourth-order valence-corrected chi connectivity index (χ4v) is 3.14. The Hall–Kier alpha value is -1.04. The van der Waals surface area contributed by atoms with E-state index in [0.29, 0.717) is 12.1 Å². The lowest BCUT2D eigenvalue weighted by Gasteiger charge is -2.08. The molecule has 0 saturated carbocycles. The molecule has 1 aromatic heterocycles. The van der Waals surface area contributed by atoms with Crippen LogP contribution in [0.5, 0.6) is 0 Å². The first kappa shape index (κ1) is 11.1. The van der Waals surface area contributed by atoms with Crippen LogP contribution in [0.3, 0.4) is 0 Å². The molecule has 0 spiro atoms. The molecule has 2 heterocycles. The molecule has 0 bridgehead atoms. The van der Waals surface area contributed by atoms with Crippen molar-refractivity contribution >= 4 is 21.6 Å². The molecule has 1 aliphatic heterocycles. The van der Waals surface area contributed by atoms with Gasteiger partial charge in [-0.25, -0.2) is 9.37 Å². The highest BCUT2D eigenvalue weighted by atomic mass is 32.1. The number of benzene rings is 1. The second kappa shape index (κ2) is 4.33. The molecule has 0 aliphatic carbocycles. The van der Waals surface area contributed by atoms with Crippen LogP contribution in [-0.4, -0.2) is 17.6 Å². The molecule has 1 fully saturated rings. The van der Waals surface area contributed by atoms with Gasteiger partial charge in [-0.15, -0.1) is 11.3 Å². The van der Waals surface area contributed by atoms with E-state index in [9.17, 15) is 4.39 Å². The maximum Gasteiger partial charge on any atom is 0.125 e. The number of nitrogens with zero attached hydrogens (tertiary/aromatic N) is 1. The zero-order chi connectivity index (χ0) is 11.8. The third-order valence-electron chi connectivity index (χ3n) is 3.01. The minimum absolute atomic E-state index is 0.0315. The number of thiazole rings is 1. The molecular weight excluding hydrogens is 239 g/mol. The number of hydrogen-bond acceptors (Lipinski definition) is 4. The Kier molecular flexibility index (Phi) is 2.82. The van der Waals surface area contributed by atoms with Gasteiger partial charge in [-0.3, -0.25) is 0 Å². The van der Waals surface area contributed by atoms with Crippen LogP contribution < -0.4 is 5.73 Å². The number of fused-ring (bicyclic) bond motifs is 1. The van der Waals surface area contributed by atoms with Crippen molar-refractivity contribution in [2.24, 2.45) is 5.73 Å². The molecule has 0 amide bonds. The van der Waals surface area contributed by atoms with Crippen LogP contribution in [0.25, 0.3) is 10.2 Å². The summed E-state index contributed by atoms with van der Waals surface area (Å²) in [5.41, 5.74) is 6.29. The van der Waals surface area contributed by atoms with E-state index in [-0.39, 0.29) is 18.0 Å². The molecule has 0 radical (unpaired) electrons.